The Morgan fingerprint density at radius 2 is 2.07 bits per heavy atom. The molecule has 0 spiro atoms. The predicted octanol–water partition coefficient (Wildman–Crippen LogP) is 2.78. The van der Waals surface area contributed by atoms with E-state index in [1.54, 1.807) is 23.9 Å². The maximum absolute atomic E-state index is 12.3. The van der Waals surface area contributed by atoms with Gasteiger partial charge >= 0.3 is 0 Å². The number of aromatic nitrogens is 4. The molecule has 28 heavy (non-hydrogen) atoms. The van der Waals surface area contributed by atoms with E-state index in [4.69, 9.17) is 10.00 Å². The monoisotopic (exact) mass is 394 g/mol. The van der Waals surface area contributed by atoms with Crippen molar-refractivity contribution >= 4 is 23.4 Å². The Bertz CT molecular complexity index is 1010. The first-order valence-electron chi connectivity index (χ1n) is 8.42. The largest absolute Gasteiger partial charge is 0.494 e. The quantitative estimate of drug-likeness (QED) is 0.614. The number of hydrogen-bond acceptors (Lipinski definition) is 7. The second-order valence-electron chi connectivity index (χ2n) is 5.92. The number of carbonyl (C=O) groups excluding carboxylic acids is 1. The van der Waals surface area contributed by atoms with Gasteiger partial charge in [-0.25, -0.2) is 0 Å². The van der Waals surface area contributed by atoms with Crippen LogP contribution < -0.4 is 10.1 Å². The third-order valence-corrected chi connectivity index (χ3v) is 4.78. The van der Waals surface area contributed by atoms with Gasteiger partial charge in [0, 0.05) is 5.69 Å². The highest BCUT2D eigenvalue weighted by atomic mass is 32.2. The number of nitriles is 1. The van der Waals surface area contributed by atoms with Crippen molar-refractivity contribution in [3.05, 3.63) is 53.6 Å². The van der Waals surface area contributed by atoms with Gasteiger partial charge < -0.3 is 10.1 Å². The number of benzene rings is 2. The first-order valence-corrected chi connectivity index (χ1v) is 9.41. The van der Waals surface area contributed by atoms with Gasteiger partial charge in [0.2, 0.25) is 11.1 Å². The minimum atomic E-state index is -0.177. The predicted molar refractivity (Wildman–Crippen MR) is 106 cm³/mol. The Hall–Kier alpha value is -3.38. The highest BCUT2D eigenvalue weighted by Gasteiger charge is 2.15. The van der Waals surface area contributed by atoms with Crippen LogP contribution in [0.5, 0.6) is 5.75 Å². The van der Waals surface area contributed by atoms with Crippen molar-refractivity contribution in [2.45, 2.75) is 18.5 Å². The van der Waals surface area contributed by atoms with Crippen LogP contribution in [0.2, 0.25) is 0 Å². The van der Waals surface area contributed by atoms with Gasteiger partial charge in [-0.3, -0.25) is 4.79 Å². The summed E-state index contributed by atoms with van der Waals surface area (Å²) in [5.74, 6) is 0.611. The molecular formula is C19H18N6O2S. The molecule has 1 aromatic heterocycles. The summed E-state index contributed by atoms with van der Waals surface area (Å²) in [6.45, 7) is 1.97. The summed E-state index contributed by atoms with van der Waals surface area (Å²) in [6, 6.07) is 15.0. The van der Waals surface area contributed by atoms with Crippen LogP contribution in [-0.4, -0.2) is 39.0 Å². The van der Waals surface area contributed by atoms with Crippen molar-refractivity contribution in [3.63, 3.8) is 0 Å². The second-order valence-corrected chi connectivity index (χ2v) is 6.86. The summed E-state index contributed by atoms with van der Waals surface area (Å²) in [5.41, 5.74) is 3.33. The lowest BCUT2D eigenvalue weighted by atomic mass is 10.1. The van der Waals surface area contributed by atoms with Crippen molar-refractivity contribution in [3.8, 4) is 17.5 Å². The molecule has 0 radical (unpaired) electrons. The molecule has 9 heteroatoms. The molecule has 0 aliphatic rings. The van der Waals surface area contributed by atoms with Crippen LogP contribution in [-0.2, 0) is 11.2 Å². The van der Waals surface area contributed by atoms with E-state index in [-0.39, 0.29) is 11.7 Å². The van der Waals surface area contributed by atoms with Crippen LogP contribution >= 0.6 is 11.8 Å². The minimum Gasteiger partial charge on any atom is -0.494 e. The van der Waals surface area contributed by atoms with Crippen molar-refractivity contribution in [2.24, 2.45) is 0 Å². The van der Waals surface area contributed by atoms with Gasteiger partial charge in [0.1, 0.15) is 11.4 Å². The molecule has 0 saturated carbocycles. The van der Waals surface area contributed by atoms with Crippen molar-refractivity contribution in [2.75, 3.05) is 18.2 Å². The lowest BCUT2D eigenvalue weighted by Gasteiger charge is -2.10. The number of tetrazole rings is 1. The Labute approximate surface area is 166 Å². The number of hydrogen-bond donors (Lipinski definition) is 1. The molecule has 0 fully saturated rings. The molecule has 0 atom stereocenters. The van der Waals surface area contributed by atoms with Gasteiger partial charge in [0.15, 0.2) is 0 Å². The number of ether oxygens (including phenoxy) is 1. The number of thioether (sulfide) groups is 1. The van der Waals surface area contributed by atoms with Gasteiger partial charge in [0.25, 0.3) is 0 Å². The van der Waals surface area contributed by atoms with E-state index >= 15 is 0 Å². The van der Waals surface area contributed by atoms with Gasteiger partial charge in [-0.1, -0.05) is 30.0 Å². The summed E-state index contributed by atoms with van der Waals surface area (Å²) in [5, 5.41) is 23.8. The van der Waals surface area contributed by atoms with Crippen molar-refractivity contribution in [1.29, 1.82) is 5.26 Å². The zero-order valence-electron chi connectivity index (χ0n) is 15.4. The fourth-order valence-corrected chi connectivity index (χ4v) is 3.19. The Kier molecular flexibility index (Phi) is 6.24. The van der Waals surface area contributed by atoms with Gasteiger partial charge in [-0.15, -0.1) is 5.10 Å². The molecule has 2 aromatic carbocycles. The number of amides is 1. The van der Waals surface area contributed by atoms with Crippen LogP contribution in [0.25, 0.3) is 5.69 Å². The molecule has 8 nitrogen and oxygen atoms in total. The normalized spacial score (nSPS) is 10.3. The molecule has 0 aliphatic carbocycles. The van der Waals surface area contributed by atoms with E-state index in [0.717, 1.165) is 11.1 Å². The van der Waals surface area contributed by atoms with E-state index in [1.165, 1.54) is 11.8 Å². The zero-order chi connectivity index (χ0) is 19.9. The molecule has 0 bridgehead atoms. The maximum atomic E-state index is 12.3. The smallest absolute Gasteiger partial charge is 0.234 e. The zero-order valence-corrected chi connectivity index (χ0v) is 16.2. The number of methoxy groups -OCH3 is 1. The highest BCUT2D eigenvalue weighted by Crippen LogP contribution is 2.27. The first kappa shape index (κ1) is 19.4. The number of nitrogens with one attached hydrogen (secondary N) is 1. The molecule has 0 aliphatic heterocycles. The van der Waals surface area contributed by atoms with E-state index in [9.17, 15) is 4.79 Å². The van der Waals surface area contributed by atoms with Gasteiger partial charge in [-0.05, 0) is 52.7 Å². The van der Waals surface area contributed by atoms with Crippen LogP contribution in [0.4, 0.5) is 5.69 Å². The lowest BCUT2D eigenvalue weighted by Crippen LogP contribution is -2.14. The van der Waals surface area contributed by atoms with Gasteiger partial charge in [-0.2, -0.15) is 9.94 Å². The summed E-state index contributed by atoms with van der Waals surface area (Å²) in [6.07, 6.45) is 0.342. The van der Waals surface area contributed by atoms with Crippen molar-refractivity contribution < 1.29 is 9.53 Å². The summed E-state index contributed by atoms with van der Waals surface area (Å²) >= 11 is 1.23. The summed E-state index contributed by atoms with van der Waals surface area (Å²) in [7, 11) is 1.58. The van der Waals surface area contributed by atoms with Crippen LogP contribution in [0.15, 0.2) is 47.6 Å². The molecule has 0 unspecified atom stereocenters. The first-order chi connectivity index (χ1) is 13.6. The lowest BCUT2D eigenvalue weighted by molar-refractivity contribution is -0.113. The SMILES string of the molecule is COc1ccc(C)cc1-n1nnnc1SCC(=O)Nc1ccc(CC#N)cc1. The topological polar surface area (TPSA) is 106 Å². The number of rotatable bonds is 7. The molecule has 0 saturated heterocycles. The number of nitrogens with zero attached hydrogens (tertiary/aromatic N) is 5. The average molecular weight is 394 g/mol. The van der Waals surface area contributed by atoms with E-state index in [0.29, 0.717) is 28.7 Å². The Morgan fingerprint density at radius 3 is 2.79 bits per heavy atom. The molecule has 1 heterocycles. The fourth-order valence-electron chi connectivity index (χ4n) is 2.51. The van der Waals surface area contributed by atoms with Crippen LogP contribution in [0.1, 0.15) is 11.1 Å². The Morgan fingerprint density at radius 1 is 1.29 bits per heavy atom. The minimum absolute atomic E-state index is 0.147. The molecule has 3 aromatic rings. The van der Waals surface area contributed by atoms with Crippen LogP contribution in [0.3, 0.4) is 0 Å². The van der Waals surface area contributed by atoms with Gasteiger partial charge in [0.05, 0.1) is 25.4 Å². The standard InChI is InChI=1S/C19H18N6O2S/c1-13-3-8-17(27-2)16(11-13)25-19(22-23-24-25)28-12-18(26)21-15-6-4-14(5-7-15)9-10-20/h3-8,11H,9,12H2,1-2H3,(H,21,26). The summed E-state index contributed by atoms with van der Waals surface area (Å²) < 4.78 is 6.94. The summed E-state index contributed by atoms with van der Waals surface area (Å²) in [4.78, 5) is 12.3. The number of aryl methyl sites for hydroxylation is 1. The highest BCUT2D eigenvalue weighted by molar-refractivity contribution is 7.99. The molecule has 1 N–H and O–H groups in total. The number of anilines is 1. The third-order valence-electron chi connectivity index (χ3n) is 3.86. The fraction of sp³-hybridized carbons (Fsp3) is 0.211. The van der Waals surface area contributed by atoms with Crippen molar-refractivity contribution in [1.82, 2.24) is 20.2 Å². The Balaban J connectivity index is 1.66. The van der Waals surface area contributed by atoms with E-state index in [1.807, 2.05) is 37.3 Å². The maximum Gasteiger partial charge on any atom is 0.234 e. The molecule has 3 rings (SSSR count). The van der Waals surface area contributed by atoms with Crippen LogP contribution in [0, 0.1) is 18.3 Å². The molecular weight excluding hydrogens is 376 g/mol. The molecule has 1 amide bonds. The van der Waals surface area contributed by atoms with E-state index in [2.05, 4.69) is 26.9 Å². The average Bonchev–Trinajstić information content (AvgIpc) is 3.16. The second kappa shape index (κ2) is 9.01. The number of carbonyl (C=O) groups is 1. The third kappa shape index (κ3) is 4.66. The molecule has 142 valence electrons. The van der Waals surface area contributed by atoms with E-state index < -0.39 is 0 Å².